The molecule has 22 heavy (non-hydrogen) atoms. The number of pyridine rings is 1. The SMILES string of the molecule is Cc1cc(-c2csc(Nc3ccc(Cl)nc3)n2)c(C)cc1Br. The molecule has 0 bridgehead atoms. The van der Waals surface area contributed by atoms with E-state index in [1.54, 1.807) is 23.6 Å². The van der Waals surface area contributed by atoms with Gasteiger partial charge in [-0.3, -0.25) is 0 Å². The molecule has 2 aromatic heterocycles. The molecule has 0 saturated carbocycles. The van der Waals surface area contributed by atoms with Crippen molar-refractivity contribution >= 4 is 49.7 Å². The zero-order chi connectivity index (χ0) is 15.7. The molecule has 0 fully saturated rings. The summed E-state index contributed by atoms with van der Waals surface area (Å²) in [7, 11) is 0. The van der Waals surface area contributed by atoms with Crippen LogP contribution in [0.5, 0.6) is 0 Å². The van der Waals surface area contributed by atoms with Crippen LogP contribution in [0.3, 0.4) is 0 Å². The van der Waals surface area contributed by atoms with Crippen molar-refractivity contribution in [3.8, 4) is 11.3 Å². The molecule has 2 heterocycles. The predicted molar refractivity (Wildman–Crippen MR) is 97.3 cm³/mol. The van der Waals surface area contributed by atoms with E-state index in [9.17, 15) is 0 Å². The van der Waals surface area contributed by atoms with E-state index in [0.29, 0.717) is 5.15 Å². The third kappa shape index (κ3) is 3.32. The molecule has 0 unspecified atom stereocenters. The Kier molecular flexibility index (Phi) is 4.47. The highest BCUT2D eigenvalue weighted by Crippen LogP contribution is 2.32. The second-order valence-corrected chi connectivity index (χ2v) is 7.05. The fraction of sp³-hybridized carbons (Fsp3) is 0.125. The summed E-state index contributed by atoms with van der Waals surface area (Å²) < 4.78 is 1.12. The molecule has 0 radical (unpaired) electrons. The van der Waals surface area contributed by atoms with Gasteiger partial charge in [0.1, 0.15) is 5.15 Å². The van der Waals surface area contributed by atoms with Gasteiger partial charge in [-0.05, 0) is 49.2 Å². The highest BCUT2D eigenvalue weighted by atomic mass is 79.9. The summed E-state index contributed by atoms with van der Waals surface area (Å²) in [5.74, 6) is 0. The van der Waals surface area contributed by atoms with E-state index in [4.69, 9.17) is 11.6 Å². The van der Waals surface area contributed by atoms with Gasteiger partial charge >= 0.3 is 0 Å². The molecule has 0 saturated heterocycles. The van der Waals surface area contributed by atoms with Gasteiger partial charge in [0.15, 0.2) is 5.13 Å². The van der Waals surface area contributed by atoms with Crippen molar-refractivity contribution in [3.63, 3.8) is 0 Å². The van der Waals surface area contributed by atoms with Crippen LogP contribution >= 0.6 is 38.9 Å². The van der Waals surface area contributed by atoms with Crippen LogP contribution < -0.4 is 5.32 Å². The Morgan fingerprint density at radius 3 is 2.73 bits per heavy atom. The Hall–Kier alpha value is -1.43. The number of halogens is 2. The van der Waals surface area contributed by atoms with E-state index < -0.39 is 0 Å². The van der Waals surface area contributed by atoms with Gasteiger partial charge in [0.25, 0.3) is 0 Å². The molecule has 112 valence electrons. The molecule has 0 aliphatic heterocycles. The van der Waals surface area contributed by atoms with Crippen molar-refractivity contribution in [2.45, 2.75) is 13.8 Å². The number of thiazole rings is 1. The quantitative estimate of drug-likeness (QED) is 0.555. The molecule has 1 aromatic carbocycles. The molecule has 0 atom stereocenters. The lowest BCUT2D eigenvalue weighted by molar-refractivity contribution is 1.30. The Morgan fingerprint density at radius 1 is 1.18 bits per heavy atom. The van der Waals surface area contributed by atoms with Crippen LogP contribution in [0.2, 0.25) is 5.15 Å². The summed E-state index contributed by atoms with van der Waals surface area (Å²) in [5, 5.41) is 6.61. The van der Waals surface area contributed by atoms with Crippen LogP contribution in [0.15, 0.2) is 40.3 Å². The minimum atomic E-state index is 0.478. The topological polar surface area (TPSA) is 37.8 Å². The highest BCUT2D eigenvalue weighted by Gasteiger charge is 2.09. The number of benzene rings is 1. The number of hydrogen-bond acceptors (Lipinski definition) is 4. The van der Waals surface area contributed by atoms with Crippen molar-refractivity contribution in [2.75, 3.05) is 5.32 Å². The van der Waals surface area contributed by atoms with Gasteiger partial charge in [-0.1, -0.05) is 27.5 Å². The minimum Gasteiger partial charge on any atom is -0.330 e. The molecule has 0 spiro atoms. The van der Waals surface area contributed by atoms with E-state index in [0.717, 1.165) is 26.5 Å². The maximum Gasteiger partial charge on any atom is 0.187 e. The van der Waals surface area contributed by atoms with Gasteiger partial charge in [0.2, 0.25) is 0 Å². The average Bonchev–Trinajstić information content (AvgIpc) is 2.93. The van der Waals surface area contributed by atoms with Crippen LogP contribution in [0.1, 0.15) is 11.1 Å². The minimum absolute atomic E-state index is 0.478. The third-order valence-corrected chi connectivity index (χ3v) is 5.10. The summed E-state index contributed by atoms with van der Waals surface area (Å²) in [6, 6.07) is 7.91. The molecule has 0 aliphatic rings. The monoisotopic (exact) mass is 393 g/mol. The van der Waals surface area contributed by atoms with E-state index in [1.807, 2.05) is 6.07 Å². The van der Waals surface area contributed by atoms with Gasteiger partial charge in [-0.15, -0.1) is 11.3 Å². The van der Waals surface area contributed by atoms with E-state index in [-0.39, 0.29) is 0 Å². The van der Waals surface area contributed by atoms with Gasteiger partial charge < -0.3 is 5.32 Å². The van der Waals surface area contributed by atoms with Crippen LogP contribution in [0.4, 0.5) is 10.8 Å². The first kappa shape index (κ1) is 15.5. The molecular formula is C16H13BrClN3S. The molecule has 0 aliphatic carbocycles. The number of aryl methyl sites for hydroxylation is 2. The van der Waals surface area contributed by atoms with Gasteiger partial charge in [0, 0.05) is 15.4 Å². The normalized spacial score (nSPS) is 10.7. The first-order valence-corrected chi connectivity index (χ1v) is 8.69. The van der Waals surface area contributed by atoms with E-state index in [1.165, 1.54) is 11.1 Å². The Bertz CT molecular complexity index is 815. The van der Waals surface area contributed by atoms with Crippen molar-refractivity contribution in [1.82, 2.24) is 9.97 Å². The highest BCUT2D eigenvalue weighted by molar-refractivity contribution is 9.10. The molecule has 3 rings (SSSR count). The van der Waals surface area contributed by atoms with Crippen molar-refractivity contribution in [3.05, 3.63) is 56.6 Å². The lowest BCUT2D eigenvalue weighted by Crippen LogP contribution is -1.91. The standard InChI is InChI=1S/C16H13BrClN3S/c1-9-6-13(17)10(2)5-12(9)14-8-22-16(21-14)20-11-3-4-15(18)19-7-11/h3-8H,1-2H3,(H,20,21). The zero-order valence-electron chi connectivity index (χ0n) is 12.0. The molecule has 1 N–H and O–H groups in total. The number of nitrogens with zero attached hydrogens (tertiary/aromatic N) is 2. The number of rotatable bonds is 3. The zero-order valence-corrected chi connectivity index (χ0v) is 15.2. The second kappa shape index (κ2) is 6.36. The smallest absolute Gasteiger partial charge is 0.187 e. The maximum atomic E-state index is 5.79. The first-order chi connectivity index (χ1) is 10.5. The van der Waals surface area contributed by atoms with Crippen LogP contribution in [0.25, 0.3) is 11.3 Å². The average molecular weight is 395 g/mol. The van der Waals surface area contributed by atoms with Gasteiger partial charge in [-0.25, -0.2) is 9.97 Å². The van der Waals surface area contributed by atoms with Gasteiger partial charge in [-0.2, -0.15) is 0 Å². The fourth-order valence-corrected chi connectivity index (χ4v) is 3.39. The summed E-state index contributed by atoms with van der Waals surface area (Å²) in [6.45, 7) is 4.17. The Labute approximate surface area is 146 Å². The van der Waals surface area contributed by atoms with Crippen molar-refractivity contribution in [1.29, 1.82) is 0 Å². The van der Waals surface area contributed by atoms with Gasteiger partial charge in [0.05, 0.1) is 17.6 Å². The molecule has 6 heteroatoms. The second-order valence-electron chi connectivity index (χ2n) is 4.95. The number of nitrogens with one attached hydrogen (secondary N) is 1. The molecule has 0 amide bonds. The third-order valence-electron chi connectivity index (χ3n) is 3.26. The van der Waals surface area contributed by atoms with E-state index >= 15 is 0 Å². The first-order valence-electron chi connectivity index (χ1n) is 6.64. The van der Waals surface area contributed by atoms with Crippen LogP contribution in [0, 0.1) is 13.8 Å². The summed E-state index contributed by atoms with van der Waals surface area (Å²) in [6.07, 6.45) is 1.69. The molecular weight excluding hydrogens is 382 g/mol. The van der Waals surface area contributed by atoms with Crippen molar-refractivity contribution < 1.29 is 0 Å². The Balaban J connectivity index is 1.87. The summed E-state index contributed by atoms with van der Waals surface area (Å²) >= 11 is 10.9. The number of hydrogen-bond donors (Lipinski definition) is 1. The molecule has 3 nitrogen and oxygen atoms in total. The van der Waals surface area contributed by atoms with Crippen LogP contribution in [-0.4, -0.2) is 9.97 Å². The van der Waals surface area contributed by atoms with Crippen LogP contribution in [-0.2, 0) is 0 Å². The van der Waals surface area contributed by atoms with E-state index in [2.05, 4.69) is 62.6 Å². The molecule has 3 aromatic rings. The fourth-order valence-electron chi connectivity index (χ4n) is 2.09. The number of anilines is 2. The summed E-state index contributed by atoms with van der Waals surface area (Å²) in [4.78, 5) is 8.71. The largest absolute Gasteiger partial charge is 0.330 e. The number of aromatic nitrogens is 2. The predicted octanol–water partition coefficient (Wildman–Crippen LogP) is 5.98. The lowest BCUT2D eigenvalue weighted by Gasteiger charge is -2.06. The maximum absolute atomic E-state index is 5.79. The lowest BCUT2D eigenvalue weighted by atomic mass is 10.0. The van der Waals surface area contributed by atoms with Crippen molar-refractivity contribution in [2.24, 2.45) is 0 Å². The Morgan fingerprint density at radius 2 is 2.00 bits per heavy atom. The summed E-state index contributed by atoms with van der Waals surface area (Å²) in [5.41, 5.74) is 5.39.